The summed E-state index contributed by atoms with van der Waals surface area (Å²) >= 11 is 0. The van der Waals surface area contributed by atoms with E-state index in [1.54, 1.807) is 17.1 Å². The number of aromatic nitrogens is 2. The van der Waals surface area contributed by atoms with Crippen molar-refractivity contribution in [3.05, 3.63) is 96.6 Å². The number of nitrogens with one attached hydrogen (secondary N) is 2. The maximum Gasteiger partial charge on any atom is 0.262 e. The lowest BCUT2D eigenvalue weighted by atomic mass is 9.87. The van der Waals surface area contributed by atoms with Crippen molar-refractivity contribution in [2.75, 3.05) is 49.5 Å². The summed E-state index contributed by atoms with van der Waals surface area (Å²) in [4.78, 5) is 37.9. The Morgan fingerprint density at radius 3 is 2.23 bits per heavy atom. The van der Waals surface area contributed by atoms with Gasteiger partial charge in [0.15, 0.2) is 11.4 Å². The third-order valence-electron chi connectivity index (χ3n) is 7.08. The van der Waals surface area contributed by atoms with Gasteiger partial charge in [-0.3, -0.25) is 9.59 Å². The van der Waals surface area contributed by atoms with E-state index in [-0.39, 0.29) is 17.7 Å². The summed E-state index contributed by atoms with van der Waals surface area (Å²) in [6.07, 6.45) is 6.98. The molecule has 0 atom stereocenters. The van der Waals surface area contributed by atoms with Gasteiger partial charge in [0.2, 0.25) is 5.91 Å². The summed E-state index contributed by atoms with van der Waals surface area (Å²) in [5, 5.41) is 17.2. The van der Waals surface area contributed by atoms with Crippen molar-refractivity contribution < 1.29 is 14.7 Å². The van der Waals surface area contributed by atoms with Crippen LogP contribution >= 0.6 is 0 Å². The van der Waals surface area contributed by atoms with Gasteiger partial charge in [0, 0.05) is 63.7 Å². The van der Waals surface area contributed by atoms with Crippen LogP contribution in [0.1, 0.15) is 18.4 Å². The molecule has 0 bridgehead atoms. The van der Waals surface area contributed by atoms with Gasteiger partial charge in [0.1, 0.15) is 11.6 Å². The molecule has 0 saturated carbocycles. The van der Waals surface area contributed by atoms with Crippen LogP contribution in [0.2, 0.25) is 0 Å². The molecule has 1 aliphatic carbocycles. The van der Waals surface area contributed by atoms with E-state index >= 15 is 0 Å². The molecule has 40 heavy (non-hydrogen) atoms. The Bertz CT molecular complexity index is 1370. The second-order valence-corrected chi connectivity index (χ2v) is 9.97. The zero-order valence-corrected chi connectivity index (χ0v) is 22.5. The van der Waals surface area contributed by atoms with Crippen LogP contribution in [0.4, 0.5) is 11.6 Å². The van der Waals surface area contributed by atoms with Crippen LogP contribution in [0.5, 0.6) is 0 Å². The van der Waals surface area contributed by atoms with Gasteiger partial charge >= 0.3 is 0 Å². The number of rotatable bonds is 8. The molecule has 3 N–H and O–H groups in total. The molecular formula is C31H34N6O3. The number of anilines is 2. The molecule has 1 aromatic heterocycles. The fourth-order valence-corrected chi connectivity index (χ4v) is 4.88. The van der Waals surface area contributed by atoms with Crippen molar-refractivity contribution in [2.24, 2.45) is 0 Å². The number of carbonyl (C=O) groups is 2. The number of amides is 2. The average Bonchev–Trinajstić information content (AvgIpc) is 3.00. The number of aliphatic hydroxyl groups is 1. The van der Waals surface area contributed by atoms with E-state index in [0.717, 1.165) is 16.9 Å². The fraction of sp³-hybridized carbons (Fsp3) is 0.290. The first-order valence-electron chi connectivity index (χ1n) is 13.5. The maximum absolute atomic E-state index is 13.3. The minimum atomic E-state index is -1.64. The SMILES string of the molecule is CC(=O)NCCNc1cc(N2CCN(C(=O)C3(O)C=CC(c4ccccc4)C=C3)CC2)nc(-c2ccccc2)n1. The first-order chi connectivity index (χ1) is 19.4. The quantitative estimate of drug-likeness (QED) is 0.299. The van der Waals surface area contributed by atoms with E-state index in [1.165, 1.54) is 6.92 Å². The largest absolute Gasteiger partial charge is 0.373 e. The second-order valence-electron chi connectivity index (χ2n) is 9.97. The Kier molecular flexibility index (Phi) is 8.21. The van der Waals surface area contributed by atoms with Crippen molar-refractivity contribution >= 4 is 23.5 Å². The van der Waals surface area contributed by atoms with Gasteiger partial charge in [-0.15, -0.1) is 0 Å². The van der Waals surface area contributed by atoms with Crippen molar-refractivity contribution in [3.8, 4) is 11.4 Å². The third-order valence-corrected chi connectivity index (χ3v) is 7.08. The van der Waals surface area contributed by atoms with Gasteiger partial charge in [0.05, 0.1) is 0 Å². The highest BCUT2D eigenvalue weighted by Gasteiger charge is 2.37. The van der Waals surface area contributed by atoms with Gasteiger partial charge in [-0.1, -0.05) is 72.8 Å². The molecule has 0 radical (unpaired) electrons. The van der Waals surface area contributed by atoms with Crippen LogP contribution in [0.3, 0.4) is 0 Å². The standard InChI is InChI=1S/C31H34N6O3/c1-23(38)32-16-17-33-27-22-28(35-29(34-27)26-10-6-3-7-11-26)36-18-20-37(21-19-36)30(39)31(40)14-12-25(13-15-31)24-8-4-2-5-9-24/h2-15,22,25,40H,16-21H2,1H3,(H,32,38)(H,33,34,35). The molecule has 1 aliphatic heterocycles. The predicted octanol–water partition coefficient (Wildman–Crippen LogP) is 2.98. The first kappa shape index (κ1) is 27.1. The predicted molar refractivity (Wildman–Crippen MR) is 156 cm³/mol. The van der Waals surface area contributed by atoms with Crippen molar-refractivity contribution in [1.82, 2.24) is 20.2 Å². The number of hydrogen-bond acceptors (Lipinski definition) is 7. The molecule has 5 rings (SSSR count). The molecule has 2 aromatic carbocycles. The van der Waals surface area contributed by atoms with Crippen molar-refractivity contribution in [1.29, 1.82) is 0 Å². The number of carbonyl (C=O) groups excluding carboxylic acids is 2. The van der Waals surface area contributed by atoms with Crippen LogP contribution < -0.4 is 15.5 Å². The molecule has 2 aliphatic rings. The maximum atomic E-state index is 13.3. The number of hydrogen-bond donors (Lipinski definition) is 3. The molecule has 1 saturated heterocycles. The van der Waals surface area contributed by atoms with Crippen LogP contribution in [0, 0.1) is 0 Å². The number of nitrogens with zero attached hydrogens (tertiary/aromatic N) is 4. The van der Waals surface area contributed by atoms with Crippen LogP contribution in [0.25, 0.3) is 11.4 Å². The molecular weight excluding hydrogens is 504 g/mol. The van der Waals surface area contributed by atoms with E-state index < -0.39 is 5.60 Å². The highest BCUT2D eigenvalue weighted by atomic mass is 16.3. The Morgan fingerprint density at radius 2 is 1.57 bits per heavy atom. The van der Waals surface area contributed by atoms with Crippen LogP contribution in [0.15, 0.2) is 91.0 Å². The lowest BCUT2D eigenvalue weighted by molar-refractivity contribution is -0.143. The molecule has 2 amide bonds. The summed E-state index contributed by atoms with van der Waals surface area (Å²) in [5.74, 6) is 1.64. The first-order valence-corrected chi connectivity index (χ1v) is 13.5. The molecule has 0 unspecified atom stereocenters. The lowest BCUT2D eigenvalue weighted by Crippen LogP contribution is -2.55. The minimum Gasteiger partial charge on any atom is -0.373 e. The minimum absolute atomic E-state index is 0.0312. The highest BCUT2D eigenvalue weighted by Crippen LogP contribution is 2.29. The van der Waals surface area contributed by atoms with Gasteiger partial charge in [-0.25, -0.2) is 9.97 Å². The average molecular weight is 539 g/mol. The Labute approximate surface area is 234 Å². The van der Waals surface area contributed by atoms with E-state index in [2.05, 4.69) is 20.5 Å². The molecule has 0 spiro atoms. The highest BCUT2D eigenvalue weighted by molar-refractivity contribution is 5.90. The number of piperazine rings is 1. The van der Waals surface area contributed by atoms with Gasteiger partial charge in [-0.2, -0.15) is 0 Å². The van der Waals surface area contributed by atoms with Crippen molar-refractivity contribution in [3.63, 3.8) is 0 Å². The van der Waals surface area contributed by atoms with E-state index in [1.807, 2.05) is 78.9 Å². The zero-order valence-electron chi connectivity index (χ0n) is 22.5. The van der Waals surface area contributed by atoms with Gasteiger partial charge < -0.3 is 25.5 Å². The molecule has 1 fully saturated rings. The topological polar surface area (TPSA) is 111 Å². The fourth-order valence-electron chi connectivity index (χ4n) is 4.88. The van der Waals surface area contributed by atoms with E-state index in [9.17, 15) is 14.7 Å². The zero-order chi connectivity index (χ0) is 28.0. The summed E-state index contributed by atoms with van der Waals surface area (Å²) in [6, 6.07) is 21.6. The summed E-state index contributed by atoms with van der Waals surface area (Å²) in [7, 11) is 0. The Hall–Kier alpha value is -4.50. The second kappa shape index (κ2) is 12.1. The smallest absolute Gasteiger partial charge is 0.262 e. The van der Waals surface area contributed by atoms with E-state index in [4.69, 9.17) is 4.98 Å². The molecule has 3 aromatic rings. The monoisotopic (exact) mass is 538 g/mol. The van der Waals surface area contributed by atoms with Crippen molar-refractivity contribution in [2.45, 2.75) is 18.4 Å². The summed E-state index contributed by atoms with van der Waals surface area (Å²) < 4.78 is 0. The normalized spacial score (nSPS) is 20.3. The number of benzene rings is 2. The van der Waals surface area contributed by atoms with Crippen LogP contribution in [-0.2, 0) is 9.59 Å². The lowest BCUT2D eigenvalue weighted by Gasteiger charge is -2.38. The Balaban J connectivity index is 1.25. The molecule has 9 nitrogen and oxygen atoms in total. The molecule has 9 heteroatoms. The van der Waals surface area contributed by atoms with E-state index in [0.29, 0.717) is 50.9 Å². The molecule has 2 heterocycles. The third kappa shape index (κ3) is 6.38. The molecule has 206 valence electrons. The summed E-state index contributed by atoms with van der Waals surface area (Å²) in [5.41, 5.74) is 0.366. The van der Waals surface area contributed by atoms with Gasteiger partial charge in [0.25, 0.3) is 5.91 Å². The van der Waals surface area contributed by atoms with Crippen LogP contribution in [-0.4, -0.2) is 76.7 Å². The van der Waals surface area contributed by atoms with Gasteiger partial charge in [-0.05, 0) is 17.7 Å². The Morgan fingerprint density at radius 1 is 0.925 bits per heavy atom. The summed E-state index contributed by atoms with van der Waals surface area (Å²) in [6.45, 7) is 4.55. The number of allylic oxidation sites excluding steroid dienone is 2.